The summed E-state index contributed by atoms with van der Waals surface area (Å²) >= 11 is 0. The second kappa shape index (κ2) is 7.61. The van der Waals surface area contributed by atoms with Crippen LogP contribution in [0.15, 0.2) is 6.33 Å². The number of ether oxygens (including phenoxy) is 2. The maximum absolute atomic E-state index is 11.2. The molecular formula is C13H15N6O9P. The summed E-state index contributed by atoms with van der Waals surface area (Å²) in [6.07, 6.45) is -4.62. The lowest BCUT2D eigenvalue weighted by atomic mass is 10.1. The molecule has 5 atom stereocenters. The number of nitrogens with two attached hydrogens (primary N) is 1. The van der Waals surface area contributed by atoms with Gasteiger partial charge in [-0.1, -0.05) is 0 Å². The second-order valence-electron chi connectivity index (χ2n) is 6.03. The highest BCUT2D eigenvalue weighted by Crippen LogP contribution is 2.42. The highest BCUT2D eigenvalue weighted by molar-refractivity contribution is 7.53. The standard InChI is InChI=1S/C13H15N6O9P/c14-1-5-17-9(15)6-10(18-5)19(3-16-6)11-8(21)7(20)4(28-11)2-27-13(12(22)23)29(24,25)26/h3-4,7-8,11,13,20-21H,2H2,(H,22,23)(H2,15,17,18)(H2,24,25,26)/t4-,7-,8-,11-,13-/m1/s1. The molecule has 7 N–H and O–H groups in total. The van der Waals surface area contributed by atoms with E-state index in [0.29, 0.717) is 0 Å². The van der Waals surface area contributed by atoms with E-state index in [1.54, 1.807) is 6.07 Å². The van der Waals surface area contributed by atoms with E-state index in [0.717, 1.165) is 0 Å². The van der Waals surface area contributed by atoms with Crippen molar-refractivity contribution in [2.45, 2.75) is 30.4 Å². The number of nitriles is 1. The molecule has 1 aliphatic rings. The number of carbonyl (C=O) groups is 1. The van der Waals surface area contributed by atoms with E-state index >= 15 is 0 Å². The van der Waals surface area contributed by atoms with E-state index in [9.17, 15) is 19.6 Å². The smallest absolute Gasteiger partial charge is 0.365 e. The highest BCUT2D eigenvalue weighted by Gasteiger charge is 2.46. The molecule has 1 fully saturated rings. The number of nitrogens with zero attached hydrogens (tertiary/aromatic N) is 5. The summed E-state index contributed by atoms with van der Waals surface area (Å²) in [4.78, 5) is 40.6. The summed E-state index contributed by atoms with van der Waals surface area (Å²) in [6, 6.07) is 1.71. The number of aliphatic hydroxyl groups excluding tert-OH is 2. The third kappa shape index (κ3) is 3.91. The molecule has 0 saturated carbocycles. The number of imidazole rings is 1. The molecule has 15 nitrogen and oxygen atoms in total. The molecule has 0 aromatic carbocycles. The molecule has 2 aromatic rings. The van der Waals surface area contributed by atoms with Gasteiger partial charge in [-0.25, -0.2) is 9.78 Å². The number of carboxylic acids is 1. The molecule has 1 saturated heterocycles. The number of fused-ring (bicyclic) bond motifs is 1. The van der Waals surface area contributed by atoms with Crippen molar-refractivity contribution in [2.24, 2.45) is 0 Å². The number of aliphatic carboxylic acids is 1. The molecule has 0 amide bonds. The SMILES string of the molecule is N#Cc1nc(N)c2ncn([C@@H]3O[C@H](CO[C@@H](C(=O)O)P(=O)(O)O)[C@@H](O)[C@H]3O)c2n1. The third-order valence-electron chi connectivity index (χ3n) is 4.09. The maximum Gasteiger partial charge on any atom is 0.365 e. The summed E-state index contributed by atoms with van der Waals surface area (Å²) in [5.74, 6) is -4.73. The highest BCUT2D eigenvalue weighted by atomic mass is 31.2. The van der Waals surface area contributed by atoms with Gasteiger partial charge >= 0.3 is 13.6 Å². The Kier molecular flexibility index (Phi) is 5.52. The van der Waals surface area contributed by atoms with E-state index in [4.69, 9.17) is 35.4 Å². The van der Waals surface area contributed by atoms with Crippen LogP contribution in [0.5, 0.6) is 0 Å². The third-order valence-corrected chi connectivity index (χ3v) is 5.08. The summed E-state index contributed by atoms with van der Waals surface area (Å²) in [7, 11) is -5.13. The van der Waals surface area contributed by atoms with Gasteiger partial charge in [0.2, 0.25) is 5.82 Å². The Morgan fingerprint density at radius 2 is 2.10 bits per heavy atom. The lowest BCUT2D eigenvalue weighted by Crippen LogP contribution is -2.36. The molecular weight excluding hydrogens is 415 g/mol. The van der Waals surface area contributed by atoms with Crippen molar-refractivity contribution in [3.63, 3.8) is 0 Å². The molecule has 0 bridgehead atoms. The van der Waals surface area contributed by atoms with E-state index in [-0.39, 0.29) is 22.8 Å². The van der Waals surface area contributed by atoms with Gasteiger partial charge in [0.05, 0.1) is 12.9 Å². The molecule has 0 radical (unpaired) electrons. The Morgan fingerprint density at radius 3 is 2.69 bits per heavy atom. The topological polar surface area (TPSA) is 247 Å². The Hall–Kier alpha value is -2.70. The maximum atomic E-state index is 11.2. The van der Waals surface area contributed by atoms with Gasteiger partial charge in [0.1, 0.15) is 29.9 Å². The minimum Gasteiger partial charge on any atom is -0.479 e. The van der Waals surface area contributed by atoms with Gasteiger partial charge in [-0.3, -0.25) is 9.13 Å². The first kappa shape index (κ1) is 21.0. The van der Waals surface area contributed by atoms with Gasteiger partial charge in [0, 0.05) is 0 Å². The molecule has 156 valence electrons. The molecule has 0 aliphatic carbocycles. The normalized spacial score (nSPS) is 25.8. The number of hydrogen-bond acceptors (Lipinski definition) is 11. The largest absolute Gasteiger partial charge is 0.479 e. The van der Waals surface area contributed by atoms with Gasteiger partial charge in [-0.05, 0) is 0 Å². The Labute approximate surface area is 161 Å². The average Bonchev–Trinajstić information content (AvgIpc) is 3.16. The second-order valence-corrected chi connectivity index (χ2v) is 7.67. The fraction of sp³-hybridized carbons (Fsp3) is 0.462. The molecule has 0 unspecified atom stereocenters. The zero-order valence-corrected chi connectivity index (χ0v) is 15.2. The molecule has 0 spiro atoms. The summed E-state index contributed by atoms with van der Waals surface area (Å²) < 4.78 is 22.5. The fourth-order valence-electron chi connectivity index (χ4n) is 2.77. The van der Waals surface area contributed by atoms with Crippen molar-refractivity contribution < 1.29 is 43.9 Å². The Balaban J connectivity index is 1.84. The predicted molar refractivity (Wildman–Crippen MR) is 89.8 cm³/mol. The number of aromatic nitrogens is 4. The zero-order chi connectivity index (χ0) is 21.5. The lowest BCUT2D eigenvalue weighted by molar-refractivity contribution is -0.149. The first-order chi connectivity index (χ1) is 13.5. The van der Waals surface area contributed by atoms with Gasteiger partial charge in [0.25, 0.3) is 5.85 Å². The average molecular weight is 430 g/mol. The van der Waals surface area contributed by atoms with Crippen molar-refractivity contribution in [1.82, 2.24) is 19.5 Å². The number of nitrogen functional groups attached to an aromatic ring is 1. The van der Waals surface area contributed by atoms with E-state index < -0.39 is 50.6 Å². The van der Waals surface area contributed by atoms with E-state index in [2.05, 4.69) is 15.0 Å². The zero-order valence-electron chi connectivity index (χ0n) is 14.3. The van der Waals surface area contributed by atoms with Crippen LogP contribution in [0.2, 0.25) is 0 Å². The Morgan fingerprint density at radius 1 is 1.41 bits per heavy atom. The first-order valence-electron chi connectivity index (χ1n) is 7.86. The fourth-order valence-corrected chi connectivity index (χ4v) is 3.34. The van der Waals surface area contributed by atoms with E-state index in [1.165, 1.54) is 10.9 Å². The van der Waals surface area contributed by atoms with Crippen LogP contribution in [0.4, 0.5) is 5.82 Å². The van der Waals surface area contributed by atoms with Crippen LogP contribution in [0.3, 0.4) is 0 Å². The van der Waals surface area contributed by atoms with Crippen LogP contribution in [-0.2, 0) is 18.8 Å². The lowest BCUT2D eigenvalue weighted by Gasteiger charge is -2.19. The molecule has 3 rings (SSSR count). The minimum atomic E-state index is -5.13. The van der Waals surface area contributed by atoms with Gasteiger partial charge in [-0.2, -0.15) is 15.2 Å². The van der Waals surface area contributed by atoms with Crippen molar-refractivity contribution in [3.8, 4) is 6.07 Å². The summed E-state index contributed by atoms with van der Waals surface area (Å²) in [6.45, 7) is -0.746. The van der Waals surface area contributed by atoms with Crippen LogP contribution in [0.1, 0.15) is 12.1 Å². The van der Waals surface area contributed by atoms with E-state index in [1.807, 2.05) is 0 Å². The number of carboxylic acid groups (broad SMARTS) is 1. The molecule has 29 heavy (non-hydrogen) atoms. The number of anilines is 1. The molecule has 16 heteroatoms. The quantitative estimate of drug-likeness (QED) is 0.259. The van der Waals surface area contributed by atoms with Crippen molar-refractivity contribution in [3.05, 3.63) is 12.2 Å². The number of rotatable bonds is 6. The van der Waals surface area contributed by atoms with Crippen molar-refractivity contribution in [1.29, 1.82) is 5.26 Å². The van der Waals surface area contributed by atoms with Gasteiger partial charge in [-0.15, -0.1) is 0 Å². The molecule has 2 aromatic heterocycles. The van der Waals surface area contributed by atoms with Crippen molar-refractivity contribution >= 4 is 30.5 Å². The van der Waals surface area contributed by atoms with Crippen LogP contribution in [-0.4, -0.2) is 81.4 Å². The predicted octanol–water partition coefficient (Wildman–Crippen LogP) is -2.50. The molecule has 1 aliphatic heterocycles. The van der Waals surface area contributed by atoms with Crippen LogP contribution < -0.4 is 5.73 Å². The van der Waals surface area contributed by atoms with Crippen LogP contribution in [0, 0.1) is 11.3 Å². The van der Waals surface area contributed by atoms with Crippen LogP contribution in [0.25, 0.3) is 11.2 Å². The summed E-state index contributed by atoms with van der Waals surface area (Å²) in [5, 5.41) is 38.3. The monoisotopic (exact) mass is 430 g/mol. The van der Waals surface area contributed by atoms with Crippen LogP contribution >= 0.6 is 7.60 Å². The molecule has 3 heterocycles. The van der Waals surface area contributed by atoms with Crippen molar-refractivity contribution in [2.75, 3.05) is 12.3 Å². The summed E-state index contributed by atoms with van der Waals surface area (Å²) in [5.41, 5.74) is 5.85. The minimum absolute atomic E-state index is 0.0329. The van der Waals surface area contributed by atoms with Gasteiger partial charge < -0.3 is 40.3 Å². The number of hydrogen-bond donors (Lipinski definition) is 6. The Bertz CT molecular complexity index is 1030. The van der Waals surface area contributed by atoms with Gasteiger partial charge in [0.15, 0.2) is 17.7 Å². The first-order valence-corrected chi connectivity index (χ1v) is 9.54. The number of aliphatic hydroxyl groups is 2.